The number of fused-ring (bicyclic) bond motifs is 3. The number of hydrogen-bond acceptors (Lipinski definition) is 4. The van der Waals surface area contributed by atoms with Crippen LogP contribution in [0.4, 0.5) is 0 Å². The second kappa shape index (κ2) is 6.61. The fourth-order valence-electron chi connectivity index (χ4n) is 3.22. The molecule has 0 amide bonds. The third kappa shape index (κ3) is 2.93. The Bertz CT molecular complexity index is 1100. The summed E-state index contributed by atoms with van der Waals surface area (Å²) in [7, 11) is 0. The van der Waals surface area contributed by atoms with Crippen LogP contribution in [0.5, 0.6) is 0 Å². The van der Waals surface area contributed by atoms with E-state index in [1.165, 1.54) is 0 Å². The first-order valence-corrected chi connectivity index (χ1v) is 8.51. The third-order valence-corrected chi connectivity index (χ3v) is 4.40. The van der Waals surface area contributed by atoms with Crippen LogP contribution in [0.25, 0.3) is 27.9 Å². The number of carboxylic acid groups (broad SMARTS) is 1. The van der Waals surface area contributed by atoms with Crippen molar-refractivity contribution < 1.29 is 9.90 Å². The van der Waals surface area contributed by atoms with Crippen LogP contribution in [0.15, 0.2) is 42.7 Å². The van der Waals surface area contributed by atoms with Crippen LogP contribution in [0.2, 0.25) is 0 Å². The number of H-pyrrole nitrogens is 1. The van der Waals surface area contributed by atoms with Gasteiger partial charge in [-0.3, -0.25) is 9.20 Å². The quantitative estimate of drug-likeness (QED) is 0.495. The second-order valence-corrected chi connectivity index (χ2v) is 6.27. The number of aliphatic carboxylic acids is 1. The lowest BCUT2D eigenvalue weighted by atomic mass is 10.1. The highest BCUT2D eigenvalue weighted by molar-refractivity contribution is 5.83. The first-order chi connectivity index (χ1) is 12.7. The Kier molecular flexibility index (Phi) is 4.14. The summed E-state index contributed by atoms with van der Waals surface area (Å²) in [4.78, 5) is 23.3. The Balaban J connectivity index is 1.81. The van der Waals surface area contributed by atoms with Gasteiger partial charge in [0, 0.05) is 12.1 Å². The van der Waals surface area contributed by atoms with Crippen LogP contribution >= 0.6 is 0 Å². The van der Waals surface area contributed by atoms with E-state index in [1.807, 2.05) is 36.5 Å². The van der Waals surface area contributed by atoms with Gasteiger partial charge in [0.1, 0.15) is 5.82 Å². The Morgan fingerprint density at radius 1 is 1.23 bits per heavy atom. The standard InChI is InChI=1S/C19H19N5O2/c20-6-2-5-17-21-10-14-11-22-19-16(24(14)17)9-15(23-19)13-4-1-3-12(7-13)8-18(25)26/h1,3-4,7,9-11,23H,2,5-6,8,20H2,(H,25,26). The zero-order chi connectivity index (χ0) is 18.1. The lowest BCUT2D eigenvalue weighted by Gasteiger charge is -2.02. The number of imidazole rings is 1. The summed E-state index contributed by atoms with van der Waals surface area (Å²) in [5, 5.41) is 9.00. The minimum Gasteiger partial charge on any atom is -0.481 e. The van der Waals surface area contributed by atoms with E-state index in [-0.39, 0.29) is 6.42 Å². The van der Waals surface area contributed by atoms with Crippen molar-refractivity contribution in [1.29, 1.82) is 0 Å². The maximum Gasteiger partial charge on any atom is 0.307 e. The summed E-state index contributed by atoms with van der Waals surface area (Å²) in [5.41, 5.74) is 10.9. The summed E-state index contributed by atoms with van der Waals surface area (Å²) in [5.74, 6) is 0.119. The maximum atomic E-state index is 11.0. The van der Waals surface area contributed by atoms with Crippen LogP contribution in [-0.4, -0.2) is 37.0 Å². The number of nitrogens with one attached hydrogen (secondary N) is 1. The first-order valence-electron chi connectivity index (χ1n) is 8.51. The van der Waals surface area contributed by atoms with Crippen LogP contribution in [0.1, 0.15) is 17.8 Å². The summed E-state index contributed by atoms with van der Waals surface area (Å²) in [6.07, 6.45) is 5.29. The zero-order valence-corrected chi connectivity index (χ0v) is 14.1. The number of aromatic nitrogens is 4. The predicted octanol–water partition coefficient (Wildman–Crippen LogP) is 2.40. The second-order valence-electron chi connectivity index (χ2n) is 6.27. The fourth-order valence-corrected chi connectivity index (χ4v) is 3.22. The fraction of sp³-hybridized carbons (Fsp3) is 0.211. The Morgan fingerprint density at radius 3 is 2.88 bits per heavy atom. The maximum absolute atomic E-state index is 11.0. The summed E-state index contributed by atoms with van der Waals surface area (Å²) in [6.45, 7) is 0.623. The van der Waals surface area contributed by atoms with Gasteiger partial charge in [-0.25, -0.2) is 9.97 Å². The molecule has 7 heteroatoms. The zero-order valence-electron chi connectivity index (χ0n) is 14.1. The van der Waals surface area contributed by atoms with Gasteiger partial charge in [-0.15, -0.1) is 0 Å². The van der Waals surface area contributed by atoms with E-state index in [0.717, 1.165) is 52.2 Å². The minimum atomic E-state index is -0.842. The van der Waals surface area contributed by atoms with Crippen molar-refractivity contribution in [3.8, 4) is 11.3 Å². The molecule has 4 aromatic rings. The molecule has 0 aliphatic carbocycles. The van der Waals surface area contributed by atoms with E-state index in [1.54, 1.807) is 6.20 Å². The van der Waals surface area contributed by atoms with Gasteiger partial charge in [0.15, 0.2) is 5.65 Å². The highest BCUT2D eigenvalue weighted by Gasteiger charge is 2.12. The molecular formula is C19H19N5O2. The molecule has 4 rings (SSSR count). The van der Waals surface area contributed by atoms with Gasteiger partial charge in [0.2, 0.25) is 0 Å². The molecule has 0 aliphatic rings. The first kappa shape index (κ1) is 16.3. The van der Waals surface area contributed by atoms with Gasteiger partial charge < -0.3 is 15.8 Å². The SMILES string of the molecule is NCCCc1ncc2cnc3[nH]c(-c4cccc(CC(=O)O)c4)cc3n12. The molecule has 132 valence electrons. The molecule has 3 heterocycles. The van der Waals surface area contributed by atoms with E-state index in [4.69, 9.17) is 10.8 Å². The Labute approximate surface area is 149 Å². The molecule has 26 heavy (non-hydrogen) atoms. The number of nitrogens with two attached hydrogens (primary N) is 1. The van der Waals surface area contributed by atoms with E-state index in [2.05, 4.69) is 19.4 Å². The molecule has 7 nitrogen and oxygen atoms in total. The van der Waals surface area contributed by atoms with Gasteiger partial charge in [0.25, 0.3) is 0 Å². The lowest BCUT2D eigenvalue weighted by molar-refractivity contribution is -0.136. The van der Waals surface area contributed by atoms with Crippen molar-refractivity contribution >= 4 is 22.6 Å². The van der Waals surface area contributed by atoms with Crippen molar-refractivity contribution in [2.45, 2.75) is 19.3 Å². The number of aryl methyl sites for hydroxylation is 1. The molecule has 0 aliphatic heterocycles. The minimum absolute atomic E-state index is 0.00131. The van der Waals surface area contributed by atoms with Crippen LogP contribution < -0.4 is 5.73 Å². The Morgan fingerprint density at radius 2 is 2.08 bits per heavy atom. The molecule has 0 fully saturated rings. The molecule has 0 spiro atoms. The van der Waals surface area contributed by atoms with Gasteiger partial charge in [-0.2, -0.15) is 0 Å². The van der Waals surface area contributed by atoms with Crippen LogP contribution in [0, 0.1) is 0 Å². The molecular weight excluding hydrogens is 330 g/mol. The summed E-state index contributed by atoms with van der Waals surface area (Å²) >= 11 is 0. The van der Waals surface area contributed by atoms with Gasteiger partial charge in [-0.1, -0.05) is 18.2 Å². The molecule has 0 saturated carbocycles. The normalized spacial score (nSPS) is 11.4. The van der Waals surface area contributed by atoms with E-state index in [9.17, 15) is 4.79 Å². The summed E-state index contributed by atoms with van der Waals surface area (Å²) < 4.78 is 2.10. The van der Waals surface area contributed by atoms with Gasteiger partial charge in [0.05, 0.1) is 29.8 Å². The number of carbonyl (C=O) groups is 1. The number of carboxylic acids is 1. The molecule has 1 aromatic carbocycles. The van der Waals surface area contributed by atoms with Crippen LogP contribution in [0.3, 0.4) is 0 Å². The lowest BCUT2D eigenvalue weighted by Crippen LogP contribution is -2.03. The topological polar surface area (TPSA) is 109 Å². The van der Waals surface area contributed by atoms with Crippen molar-refractivity contribution in [2.24, 2.45) is 5.73 Å². The number of benzene rings is 1. The average Bonchev–Trinajstić information content (AvgIpc) is 3.23. The van der Waals surface area contributed by atoms with Crippen molar-refractivity contribution in [3.63, 3.8) is 0 Å². The highest BCUT2D eigenvalue weighted by atomic mass is 16.4. The number of nitrogens with zero attached hydrogens (tertiary/aromatic N) is 3. The third-order valence-electron chi connectivity index (χ3n) is 4.40. The number of aromatic amines is 1. The molecule has 4 N–H and O–H groups in total. The molecule has 0 unspecified atom stereocenters. The van der Waals surface area contributed by atoms with Crippen LogP contribution in [-0.2, 0) is 17.6 Å². The number of hydrogen-bond donors (Lipinski definition) is 3. The smallest absolute Gasteiger partial charge is 0.307 e. The van der Waals surface area contributed by atoms with Crippen molar-refractivity contribution in [2.75, 3.05) is 6.54 Å². The molecule has 0 bridgehead atoms. The summed E-state index contributed by atoms with van der Waals surface area (Å²) in [6, 6.07) is 9.56. The van der Waals surface area contributed by atoms with E-state index >= 15 is 0 Å². The van der Waals surface area contributed by atoms with Gasteiger partial charge in [-0.05, 0) is 36.2 Å². The predicted molar refractivity (Wildman–Crippen MR) is 99.0 cm³/mol. The van der Waals surface area contributed by atoms with E-state index < -0.39 is 5.97 Å². The molecule has 0 saturated heterocycles. The van der Waals surface area contributed by atoms with Crippen molar-refractivity contribution in [1.82, 2.24) is 19.4 Å². The largest absolute Gasteiger partial charge is 0.481 e. The van der Waals surface area contributed by atoms with Gasteiger partial charge >= 0.3 is 5.97 Å². The van der Waals surface area contributed by atoms with Crippen molar-refractivity contribution in [3.05, 3.63) is 54.1 Å². The number of rotatable bonds is 6. The molecule has 3 aromatic heterocycles. The highest BCUT2D eigenvalue weighted by Crippen LogP contribution is 2.25. The van der Waals surface area contributed by atoms with E-state index in [0.29, 0.717) is 6.54 Å². The molecule has 0 radical (unpaired) electrons. The Hall–Kier alpha value is -3.19. The average molecular weight is 349 g/mol. The molecule has 0 atom stereocenters. The monoisotopic (exact) mass is 349 g/mol.